The van der Waals surface area contributed by atoms with E-state index in [9.17, 15) is 9.59 Å². The number of benzene rings is 2. The first kappa shape index (κ1) is 15.8. The zero-order valence-electron chi connectivity index (χ0n) is 13.8. The van der Waals surface area contributed by atoms with E-state index in [1.54, 1.807) is 12.4 Å². The quantitative estimate of drug-likeness (QED) is 0.532. The molecule has 4 rings (SSSR count). The fraction of sp³-hybridized carbons (Fsp3) is 0.0500. The highest BCUT2D eigenvalue weighted by atomic mass is 16.2. The summed E-state index contributed by atoms with van der Waals surface area (Å²) in [6, 6.07) is 18.2. The molecule has 2 aromatic carbocycles. The number of nitrogens with zero attached hydrogens (tertiary/aromatic N) is 1. The summed E-state index contributed by atoms with van der Waals surface area (Å²) in [6.45, 7) is 0. The average Bonchev–Trinajstić information content (AvgIpc) is 3.15. The number of hydrogen-bond acceptors (Lipinski definition) is 3. The molecule has 0 saturated heterocycles. The maximum atomic E-state index is 12.7. The number of aromatic amines is 2. The molecule has 0 radical (unpaired) electrons. The second kappa shape index (κ2) is 6.68. The summed E-state index contributed by atoms with van der Waals surface area (Å²) in [5.74, 6) is -0.426. The SMILES string of the molecule is O=C(NC(c1ccccc1)c1ccc2nc[nH]c2c1)c1ccc[nH]c1=O. The Morgan fingerprint density at radius 2 is 1.81 bits per heavy atom. The highest BCUT2D eigenvalue weighted by molar-refractivity contribution is 5.94. The number of hydrogen-bond donors (Lipinski definition) is 3. The van der Waals surface area contributed by atoms with E-state index < -0.39 is 17.5 Å². The van der Waals surface area contributed by atoms with Gasteiger partial charge in [-0.3, -0.25) is 9.59 Å². The second-order valence-electron chi connectivity index (χ2n) is 5.91. The average molecular weight is 344 g/mol. The summed E-state index contributed by atoms with van der Waals surface area (Å²) in [7, 11) is 0. The first-order valence-corrected chi connectivity index (χ1v) is 8.19. The number of carbonyl (C=O) groups excluding carboxylic acids is 1. The van der Waals surface area contributed by atoms with Gasteiger partial charge in [-0.2, -0.15) is 0 Å². The van der Waals surface area contributed by atoms with Gasteiger partial charge < -0.3 is 15.3 Å². The fourth-order valence-electron chi connectivity index (χ4n) is 2.95. The molecule has 1 unspecified atom stereocenters. The molecule has 2 aromatic heterocycles. The van der Waals surface area contributed by atoms with Gasteiger partial charge in [0.15, 0.2) is 0 Å². The molecule has 3 N–H and O–H groups in total. The van der Waals surface area contributed by atoms with Crippen LogP contribution in [0.25, 0.3) is 11.0 Å². The lowest BCUT2D eigenvalue weighted by Gasteiger charge is -2.20. The first-order chi connectivity index (χ1) is 12.7. The van der Waals surface area contributed by atoms with E-state index in [1.165, 1.54) is 12.3 Å². The van der Waals surface area contributed by atoms with E-state index in [2.05, 4.69) is 20.3 Å². The molecular weight excluding hydrogens is 328 g/mol. The Morgan fingerprint density at radius 3 is 2.62 bits per heavy atom. The minimum absolute atomic E-state index is 0.0797. The Kier molecular flexibility index (Phi) is 4.07. The van der Waals surface area contributed by atoms with Gasteiger partial charge in [0.05, 0.1) is 23.4 Å². The molecule has 0 saturated carbocycles. The first-order valence-electron chi connectivity index (χ1n) is 8.19. The van der Waals surface area contributed by atoms with Crippen LogP contribution in [-0.4, -0.2) is 20.9 Å². The highest BCUT2D eigenvalue weighted by Crippen LogP contribution is 2.24. The van der Waals surface area contributed by atoms with Crippen LogP contribution in [0, 0.1) is 0 Å². The van der Waals surface area contributed by atoms with E-state index in [0.29, 0.717) is 0 Å². The standard InChI is InChI=1S/C20H16N4O2/c25-19-15(7-4-10-21-19)20(26)24-18(13-5-2-1-3-6-13)14-8-9-16-17(11-14)23-12-22-16/h1-12,18H,(H,21,25)(H,22,23)(H,24,26). The van der Waals surface area contributed by atoms with Crippen molar-refractivity contribution >= 4 is 16.9 Å². The molecular formula is C20H16N4O2. The van der Waals surface area contributed by atoms with Gasteiger partial charge in [0.25, 0.3) is 11.5 Å². The number of pyridine rings is 1. The van der Waals surface area contributed by atoms with Crippen molar-refractivity contribution in [2.24, 2.45) is 0 Å². The zero-order valence-corrected chi connectivity index (χ0v) is 13.8. The summed E-state index contributed by atoms with van der Waals surface area (Å²) in [6.07, 6.45) is 3.13. The number of aromatic nitrogens is 3. The molecule has 6 nitrogen and oxygen atoms in total. The van der Waals surface area contributed by atoms with Gasteiger partial charge in [0.2, 0.25) is 0 Å². The van der Waals surface area contributed by atoms with Crippen molar-refractivity contribution in [3.8, 4) is 0 Å². The lowest BCUT2D eigenvalue weighted by atomic mass is 9.98. The number of rotatable bonds is 4. The van der Waals surface area contributed by atoms with Crippen molar-refractivity contribution in [1.82, 2.24) is 20.3 Å². The monoisotopic (exact) mass is 344 g/mol. The molecule has 0 aliphatic carbocycles. The van der Waals surface area contributed by atoms with Crippen molar-refractivity contribution < 1.29 is 4.79 Å². The van der Waals surface area contributed by atoms with Gasteiger partial charge in [0.1, 0.15) is 5.56 Å². The largest absolute Gasteiger partial charge is 0.345 e. The van der Waals surface area contributed by atoms with Crippen molar-refractivity contribution in [3.05, 3.63) is 100 Å². The number of imidazole rings is 1. The van der Waals surface area contributed by atoms with E-state index in [0.717, 1.165) is 22.2 Å². The predicted molar refractivity (Wildman–Crippen MR) is 98.9 cm³/mol. The Labute approximate surface area is 148 Å². The van der Waals surface area contributed by atoms with Crippen LogP contribution in [0.3, 0.4) is 0 Å². The van der Waals surface area contributed by atoms with E-state index in [-0.39, 0.29) is 5.56 Å². The van der Waals surface area contributed by atoms with Crippen LogP contribution in [0.5, 0.6) is 0 Å². The molecule has 2 heterocycles. The Hall–Kier alpha value is -3.67. The number of nitrogens with one attached hydrogen (secondary N) is 3. The third-order valence-corrected chi connectivity index (χ3v) is 4.25. The van der Waals surface area contributed by atoms with Crippen molar-refractivity contribution in [3.63, 3.8) is 0 Å². The number of amides is 1. The smallest absolute Gasteiger partial charge is 0.260 e. The van der Waals surface area contributed by atoms with Crippen LogP contribution in [0.15, 0.2) is 78.0 Å². The third kappa shape index (κ3) is 3.00. The molecule has 0 aliphatic rings. The molecule has 0 fully saturated rings. The van der Waals surface area contributed by atoms with E-state index in [4.69, 9.17) is 0 Å². The normalized spacial score (nSPS) is 12.0. The van der Waals surface area contributed by atoms with Crippen LogP contribution in [0.1, 0.15) is 27.5 Å². The number of fused-ring (bicyclic) bond motifs is 1. The minimum Gasteiger partial charge on any atom is -0.345 e. The van der Waals surface area contributed by atoms with Crippen molar-refractivity contribution in [2.75, 3.05) is 0 Å². The van der Waals surface area contributed by atoms with Crippen LogP contribution < -0.4 is 10.9 Å². The molecule has 128 valence electrons. The molecule has 1 amide bonds. The Balaban J connectivity index is 1.75. The van der Waals surface area contributed by atoms with Gasteiger partial charge in [-0.15, -0.1) is 0 Å². The Morgan fingerprint density at radius 1 is 0.962 bits per heavy atom. The topological polar surface area (TPSA) is 90.6 Å². The maximum Gasteiger partial charge on any atom is 0.260 e. The maximum absolute atomic E-state index is 12.7. The summed E-state index contributed by atoms with van der Waals surface area (Å²) in [5, 5.41) is 2.97. The second-order valence-corrected chi connectivity index (χ2v) is 5.91. The van der Waals surface area contributed by atoms with Crippen molar-refractivity contribution in [2.45, 2.75) is 6.04 Å². The molecule has 26 heavy (non-hydrogen) atoms. The van der Waals surface area contributed by atoms with Gasteiger partial charge in [-0.1, -0.05) is 36.4 Å². The van der Waals surface area contributed by atoms with Gasteiger partial charge in [0, 0.05) is 6.20 Å². The van der Waals surface area contributed by atoms with Crippen LogP contribution in [0.4, 0.5) is 0 Å². The highest BCUT2D eigenvalue weighted by Gasteiger charge is 2.19. The molecule has 6 heteroatoms. The minimum atomic E-state index is -0.426. The Bertz CT molecular complexity index is 1120. The summed E-state index contributed by atoms with van der Waals surface area (Å²) >= 11 is 0. The summed E-state index contributed by atoms with van der Waals surface area (Å²) in [4.78, 5) is 34.4. The van der Waals surface area contributed by atoms with Gasteiger partial charge >= 0.3 is 0 Å². The van der Waals surface area contributed by atoms with Crippen LogP contribution >= 0.6 is 0 Å². The van der Waals surface area contributed by atoms with Gasteiger partial charge in [-0.25, -0.2) is 4.98 Å². The molecule has 0 spiro atoms. The van der Waals surface area contributed by atoms with Crippen LogP contribution in [0.2, 0.25) is 0 Å². The summed E-state index contributed by atoms with van der Waals surface area (Å²) < 4.78 is 0. The molecule has 4 aromatic rings. The third-order valence-electron chi connectivity index (χ3n) is 4.25. The lowest BCUT2D eigenvalue weighted by Crippen LogP contribution is -2.33. The lowest BCUT2D eigenvalue weighted by molar-refractivity contribution is 0.0941. The molecule has 1 atom stereocenters. The summed E-state index contributed by atoms with van der Waals surface area (Å²) in [5.41, 5.74) is 3.22. The van der Waals surface area contributed by atoms with Crippen molar-refractivity contribution in [1.29, 1.82) is 0 Å². The molecule has 0 bridgehead atoms. The molecule has 0 aliphatic heterocycles. The van der Waals surface area contributed by atoms with Crippen LogP contribution in [-0.2, 0) is 0 Å². The number of H-pyrrole nitrogens is 2. The van der Waals surface area contributed by atoms with Gasteiger partial charge in [-0.05, 0) is 35.4 Å². The fourth-order valence-corrected chi connectivity index (χ4v) is 2.95. The number of carbonyl (C=O) groups is 1. The zero-order chi connectivity index (χ0) is 17.9. The predicted octanol–water partition coefficient (Wildman–Crippen LogP) is 2.77. The van der Waals surface area contributed by atoms with E-state index >= 15 is 0 Å². The van der Waals surface area contributed by atoms with E-state index in [1.807, 2.05) is 48.5 Å².